The number of primary amides is 1. The van der Waals surface area contributed by atoms with E-state index in [0.29, 0.717) is 12.3 Å². The molecule has 3 N–H and O–H groups in total. The number of nitrogens with two attached hydrogens (primary N) is 1. The summed E-state index contributed by atoms with van der Waals surface area (Å²) in [4.78, 5) is 25.6. The second kappa shape index (κ2) is 7.69. The fourth-order valence-electron chi connectivity index (χ4n) is 3.87. The van der Waals surface area contributed by atoms with E-state index in [4.69, 9.17) is 5.73 Å². The van der Waals surface area contributed by atoms with Crippen LogP contribution in [0.15, 0.2) is 24.3 Å². The molecule has 0 bridgehead atoms. The van der Waals surface area contributed by atoms with Gasteiger partial charge in [-0.3, -0.25) is 9.59 Å². The van der Waals surface area contributed by atoms with Crippen LogP contribution in [-0.4, -0.2) is 24.9 Å². The summed E-state index contributed by atoms with van der Waals surface area (Å²) in [5.41, 5.74) is 7.36. The topological polar surface area (TPSA) is 75.4 Å². The van der Waals surface area contributed by atoms with Crippen LogP contribution in [0.1, 0.15) is 44.9 Å². The number of nitrogens with one attached hydrogen (secondary N) is 1. The first-order valence-corrected chi connectivity index (χ1v) is 9.06. The van der Waals surface area contributed by atoms with Gasteiger partial charge in [0, 0.05) is 36.8 Å². The van der Waals surface area contributed by atoms with Crippen LogP contribution in [0, 0.1) is 11.8 Å². The molecular weight excluding hydrogens is 302 g/mol. The second-order valence-electron chi connectivity index (χ2n) is 7.11. The number of amides is 2. The van der Waals surface area contributed by atoms with Crippen molar-refractivity contribution >= 4 is 23.2 Å². The molecule has 0 atom stereocenters. The van der Waals surface area contributed by atoms with Crippen LogP contribution in [0.25, 0.3) is 0 Å². The monoisotopic (exact) mass is 329 g/mol. The number of nitrogens with zero attached hydrogens (tertiary/aromatic N) is 1. The summed E-state index contributed by atoms with van der Waals surface area (Å²) < 4.78 is 0. The Balaban J connectivity index is 1.50. The maximum atomic E-state index is 12.1. The first-order valence-electron chi connectivity index (χ1n) is 9.06. The van der Waals surface area contributed by atoms with Crippen molar-refractivity contribution in [3.63, 3.8) is 0 Å². The molecule has 0 spiro atoms. The van der Waals surface area contributed by atoms with E-state index in [1.807, 2.05) is 24.3 Å². The Bertz CT molecular complexity index is 571. The van der Waals surface area contributed by atoms with Gasteiger partial charge in [-0.25, -0.2) is 0 Å². The summed E-state index contributed by atoms with van der Waals surface area (Å²) in [6.45, 7) is 1.70. The third-order valence-electron chi connectivity index (χ3n) is 5.36. The van der Waals surface area contributed by atoms with Gasteiger partial charge in [0.05, 0.1) is 0 Å². The van der Waals surface area contributed by atoms with E-state index in [-0.39, 0.29) is 17.7 Å². The van der Waals surface area contributed by atoms with Gasteiger partial charge in [-0.05, 0) is 55.9 Å². The molecular formula is C19H27N3O2. The molecule has 2 aliphatic rings. The molecule has 2 amide bonds. The molecule has 1 saturated heterocycles. The van der Waals surface area contributed by atoms with Crippen molar-refractivity contribution in [1.29, 1.82) is 0 Å². The number of hydrogen-bond acceptors (Lipinski definition) is 3. The molecule has 5 nitrogen and oxygen atoms in total. The van der Waals surface area contributed by atoms with Crippen LogP contribution < -0.4 is 16.0 Å². The van der Waals surface area contributed by atoms with E-state index < -0.39 is 0 Å². The normalized spacial score (nSPS) is 19.4. The number of piperidine rings is 1. The molecule has 1 heterocycles. The van der Waals surface area contributed by atoms with E-state index in [2.05, 4.69) is 10.2 Å². The van der Waals surface area contributed by atoms with Crippen LogP contribution >= 0.6 is 0 Å². The number of rotatable bonds is 5. The van der Waals surface area contributed by atoms with E-state index in [9.17, 15) is 9.59 Å². The van der Waals surface area contributed by atoms with Crippen molar-refractivity contribution in [2.24, 2.45) is 17.6 Å². The molecule has 1 saturated carbocycles. The first-order chi connectivity index (χ1) is 11.6. The molecule has 1 aliphatic carbocycles. The minimum Gasteiger partial charge on any atom is -0.371 e. The van der Waals surface area contributed by atoms with E-state index >= 15 is 0 Å². The number of benzene rings is 1. The van der Waals surface area contributed by atoms with Gasteiger partial charge < -0.3 is 16.0 Å². The summed E-state index contributed by atoms with van der Waals surface area (Å²) in [6, 6.07) is 8.00. The summed E-state index contributed by atoms with van der Waals surface area (Å²) in [5.74, 6) is 0.512. The highest BCUT2D eigenvalue weighted by Crippen LogP contribution is 2.28. The van der Waals surface area contributed by atoms with E-state index in [1.54, 1.807) is 0 Å². The van der Waals surface area contributed by atoms with Gasteiger partial charge in [0.2, 0.25) is 11.8 Å². The Kier molecular flexibility index (Phi) is 5.38. The molecule has 24 heavy (non-hydrogen) atoms. The van der Waals surface area contributed by atoms with Crippen molar-refractivity contribution < 1.29 is 9.59 Å². The van der Waals surface area contributed by atoms with Crippen molar-refractivity contribution in [3.8, 4) is 0 Å². The Labute approximate surface area is 143 Å². The molecule has 5 heteroatoms. The highest BCUT2D eigenvalue weighted by Gasteiger charge is 2.23. The summed E-state index contributed by atoms with van der Waals surface area (Å²) in [6.07, 6.45) is 7.17. The minimum atomic E-state index is -0.185. The molecule has 130 valence electrons. The molecule has 1 aromatic rings. The zero-order valence-corrected chi connectivity index (χ0v) is 14.2. The summed E-state index contributed by atoms with van der Waals surface area (Å²) in [5, 5.41) is 3.00. The Morgan fingerprint density at radius 3 is 2.25 bits per heavy atom. The van der Waals surface area contributed by atoms with Gasteiger partial charge >= 0.3 is 0 Å². The maximum Gasteiger partial charge on any atom is 0.224 e. The average molecular weight is 329 g/mol. The first kappa shape index (κ1) is 16.8. The maximum absolute atomic E-state index is 12.1. The minimum absolute atomic E-state index is 0.00963. The largest absolute Gasteiger partial charge is 0.371 e. The standard InChI is InChI=1S/C19H27N3O2/c20-19(24)15-9-11-22(12-10-15)17-7-5-16(6-8-17)21-18(23)13-14-3-1-2-4-14/h5-8,14-15H,1-4,9-13H2,(H2,20,24)(H,21,23). The fourth-order valence-corrected chi connectivity index (χ4v) is 3.87. The van der Waals surface area contributed by atoms with Gasteiger partial charge in [0.15, 0.2) is 0 Å². The summed E-state index contributed by atoms with van der Waals surface area (Å²) in [7, 11) is 0. The predicted molar refractivity (Wildman–Crippen MR) is 95.8 cm³/mol. The lowest BCUT2D eigenvalue weighted by atomic mass is 9.96. The van der Waals surface area contributed by atoms with Gasteiger partial charge in [-0.1, -0.05) is 12.8 Å². The molecule has 3 rings (SSSR count). The van der Waals surface area contributed by atoms with Crippen molar-refractivity contribution in [1.82, 2.24) is 0 Å². The zero-order valence-electron chi connectivity index (χ0n) is 14.2. The lowest BCUT2D eigenvalue weighted by Gasteiger charge is -2.32. The third kappa shape index (κ3) is 4.28. The lowest BCUT2D eigenvalue weighted by molar-refractivity contribution is -0.122. The van der Waals surface area contributed by atoms with Crippen LogP contribution in [0.2, 0.25) is 0 Å². The van der Waals surface area contributed by atoms with Crippen LogP contribution in [-0.2, 0) is 9.59 Å². The van der Waals surface area contributed by atoms with Crippen molar-refractivity contribution in [3.05, 3.63) is 24.3 Å². The highest BCUT2D eigenvalue weighted by atomic mass is 16.2. The van der Waals surface area contributed by atoms with Crippen molar-refractivity contribution in [2.45, 2.75) is 44.9 Å². The SMILES string of the molecule is NC(=O)C1CCN(c2ccc(NC(=O)CC3CCCC3)cc2)CC1. The molecule has 1 aromatic carbocycles. The number of carbonyl (C=O) groups excluding carboxylic acids is 2. The van der Waals surface area contributed by atoms with Crippen LogP contribution in [0.4, 0.5) is 11.4 Å². The second-order valence-corrected chi connectivity index (χ2v) is 7.11. The van der Waals surface area contributed by atoms with E-state index in [1.165, 1.54) is 25.7 Å². The molecule has 0 aromatic heterocycles. The van der Waals surface area contributed by atoms with Crippen LogP contribution in [0.5, 0.6) is 0 Å². The molecule has 1 aliphatic heterocycles. The number of carbonyl (C=O) groups is 2. The number of anilines is 2. The zero-order chi connectivity index (χ0) is 16.9. The molecule has 2 fully saturated rings. The Morgan fingerprint density at radius 2 is 1.67 bits per heavy atom. The summed E-state index contributed by atoms with van der Waals surface area (Å²) >= 11 is 0. The number of hydrogen-bond donors (Lipinski definition) is 2. The van der Waals surface area contributed by atoms with Crippen LogP contribution in [0.3, 0.4) is 0 Å². The highest BCUT2D eigenvalue weighted by molar-refractivity contribution is 5.91. The van der Waals surface area contributed by atoms with Gasteiger partial charge in [-0.15, -0.1) is 0 Å². The average Bonchev–Trinajstić information content (AvgIpc) is 3.08. The fraction of sp³-hybridized carbons (Fsp3) is 0.579. The Hall–Kier alpha value is -2.04. The molecule has 0 radical (unpaired) electrons. The molecule has 0 unspecified atom stereocenters. The van der Waals surface area contributed by atoms with Crippen molar-refractivity contribution in [2.75, 3.05) is 23.3 Å². The van der Waals surface area contributed by atoms with E-state index in [0.717, 1.165) is 37.3 Å². The smallest absolute Gasteiger partial charge is 0.224 e. The van der Waals surface area contributed by atoms with Gasteiger partial charge in [0.1, 0.15) is 0 Å². The predicted octanol–water partition coefficient (Wildman–Crippen LogP) is 2.91. The van der Waals surface area contributed by atoms with Gasteiger partial charge in [-0.2, -0.15) is 0 Å². The Morgan fingerprint density at radius 1 is 1.04 bits per heavy atom. The third-order valence-corrected chi connectivity index (χ3v) is 5.36. The van der Waals surface area contributed by atoms with Gasteiger partial charge in [0.25, 0.3) is 0 Å². The quantitative estimate of drug-likeness (QED) is 0.872. The lowest BCUT2D eigenvalue weighted by Crippen LogP contribution is -2.38.